The highest BCUT2D eigenvalue weighted by Crippen LogP contribution is 2.20. The lowest BCUT2D eigenvalue weighted by atomic mass is 10.3. The Kier molecular flexibility index (Phi) is 4.49. The van der Waals surface area contributed by atoms with Crippen molar-refractivity contribution in [1.29, 1.82) is 0 Å². The van der Waals surface area contributed by atoms with Crippen molar-refractivity contribution in [2.75, 3.05) is 0 Å². The third-order valence-electron chi connectivity index (χ3n) is 1.92. The second-order valence-electron chi connectivity index (χ2n) is 3.05. The quantitative estimate of drug-likeness (QED) is 0.742. The maximum atomic E-state index is 5.86. The largest absolute Gasteiger partial charge is 0.475 e. The lowest BCUT2D eigenvalue weighted by molar-refractivity contribution is 0.208. The summed E-state index contributed by atoms with van der Waals surface area (Å²) < 4.78 is 5.53. The van der Waals surface area contributed by atoms with E-state index in [1.807, 2.05) is 6.92 Å². The van der Waals surface area contributed by atoms with Gasteiger partial charge in [0.2, 0.25) is 5.88 Å². The molecule has 1 aromatic heterocycles. The lowest BCUT2D eigenvalue weighted by Crippen LogP contribution is -2.11. The van der Waals surface area contributed by atoms with E-state index >= 15 is 0 Å². The van der Waals surface area contributed by atoms with Crippen LogP contribution in [0, 0.1) is 0 Å². The summed E-state index contributed by atoms with van der Waals surface area (Å²) in [7, 11) is 0. The molecule has 0 bridgehead atoms. The van der Waals surface area contributed by atoms with Crippen LogP contribution >= 0.6 is 23.2 Å². The minimum atomic E-state index is 0.159. The third-order valence-corrected chi connectivity index (χ3v) is 2.51. The Labute approximate surface area is 94.2 Å². The molecule has 0 saturated carbocycles. The number of aromatic nitrogens is 1. The van der Waals surface area contributed by atoms with Crippen LogP contribution in [0.1, 0.15) is 26.0 Å². The zero-order chi connectivity index (χ0) is 10.6. The van der Waals surface area contributed by atoms with E-state index in [9.17, 15) is 0 Å². The summed E-state index contributed by atoms with van der Waals surface area (Å²) in [5.74, 6) is 0.885. The van der Waals surface area contributed by atoms with Gasteiger partial charge in [-0.2, -0.15) is 0 Å². The summed E-state index contributed by atoms with van der Waals surface area (Å²) in [4.78, 5) is 4.19. The van der Waals surface area contributed by atoms with Gasteiger partial charge in [0.05, 0.1) is 22.7 Å². The van der Waals surface area contributed by atoms with E-state index in [1.165, 1.54) is 0 Å². The Bertz CT molecular complexity index is 304. The second-order valence-corrected chi connectivity index (χ2v) is 3.72. The van der Waals surface area contributed by atoms with E-state index in [0.717, 1.165) is 6.42 Å². The van der Waals surface area contributed by atoms with Gasteiger partial charge in [0, 0.05) is 6.07 Å². The average Bonchev–Trinajstić information content (AvgIpc) is 2.20. The number of rotatable bonds is 4. The molecule has 1 aromatic rings. The zero-order valence-electron chi connectivity index (χ0n) is 8.26. The van der Waals surface area contributed by atoms with Crippen molar-refractivity contribution in [3.63, 3.8) is 0 Å². The molecule has 4 heteroatoms. The zero-order valence-corrected chi connectivity index (χ0v) is 9.77. The Morgan fingerprint density at radius 1 is 1.50 bits per heavy atom. The highest BCUT2D eigenvalue weighted by Gasteiger charge is 2.06. The van der Waals surface area contributed by atoms with Gasteiger partial charge in [-0.05, 0) is 19.4 Å². The van der Waals surface area contributed by atoms with Crippen molar-refractivity contribution in [2.24, 2.45) is 0 Å². The number of pyridine rings is 1. The van der Waals surface area contributed by atoms with E-state index < -0.39 is 0 Å². The highest BCUT2D eigenvalue weighted by atomic mass is 35.5. The number of nitrogens with zero attached hydrogens (tertiary/aromatic N) is 1. The first kappa shape index (κ1) is 11.6. The number of ether oxygens (including phenoxy) is 1. The lowest BCUT2D eigenvalue weighted by Gasteiger charge is -2.12. The molecule has 0 spiro atoms. The molecule has 1 rings (SSSR count). The van der Waals surface area contributed by atoms with Crippen LogP contribution in [0.15, 0.2) is 12.1 Å². The van der Waals surface area contributed by atoms with Crippen LogP contribution in [0.5, 0.6) is 5.88 Å². The van der Waals surface area contributed by atoms with Crippen molar-refractivity contribution in [1.82, 2.24) is 4.98 Å². The van der Waals surface area contributed by atoms with E-state index in [2.05, 4.69) is 11.9 Å². The molecule has 1 atom stereocenters. The first-order chi connectivity index (χ1) is 6.67. The van der Waals surface area contributed by atoms with Crippen LogP contribution < -0.4 is 4.74 Å². The van der Waals surface area contributed by atoms with Crippen molar-refractivity contribution in [2.45, 2.75) is 32.3 Å². The predicted octanol–water partition coefficient (Wildman–Crippen LogP) is 3.65. The number of hydrogen-bond acceptors (Lipinski definition) is 2. The fraction of sp³-hybridized carbons (Fsp3) is 0.500. The number of alkyl halides is 1. The van der Waals surface area contributed by atoms with Crippen LogP contribution in [0.4, 0.5) is 0 Å². The minimum Gasteiger partial charge on any atom is -0.475 e. The van der Waals surface area contributed by atoms with E-state index in [1.54, 1.807) is 12.1 Å². The normalized spacial score (nSPS) is 12.6. The molecular weight excluding hydrogens is 221 g/mol. The van der Waals surface area contributed by atoms with E-state index in [4.69, 9.17) is 27.9 Å². The van der Waals surface area contributed by atoms with Crippen LogP contribution in [0.3, 0.4) is 0 Å². The molecule has 78 valence electrons. The summed E-state index contributed by atoms with van der Waals surface area (Å²) in [6, 6.07) is 3.51. The van der Waals surface area contributed by atoms with Crippen LogP contribution in [-0.2, 0) is 5.88 Å². The molecule has 0 aliphatic heterocycles. The summed E-state index contributed by atoms with van der Waals surface area (Å²) in [6.45, 7) is 4.06. The monoisotopic (exact) mass is 233 g/mol. The summed E-state index contributed by atoms with van der Waals surface area (Å²) in [5.41, 5.74) is 0.661. The molecule has 0 aliphatic rings. The van der Waals surface area contributed by atoms with Crippen LogP contribution in [0.25, 0.3) is 0 Å². The van der Waals surface area contributed by atoms with Gasteiger partial charge in [-0.25, -0.2) is 4.98 Å². The molecule has 14 heavy (non-hydrogen) atoms. The predicted molar refractivity (Wildman–Crippen MR) is 59.2 cm³/mol. The molecule has 2 nitrogen and oxygen atoms in total. The summed E-state index contributed by atoms with van der Waals surface area (Å²) in [6.07, 6.45) is 1.10. The SMILES string of the molecule is CCC(C)Oc1ccc(Cl)c(CCl)n1. The average molecular weight is 234 g/mol. The summed E-state index contributed by atoms with van der Waals surface area (Å²) in [5, 5.41) is 0.580. The van der Waals surface area contributed by atoms with E-state index in [0.29, 0.717) is 22.5 Å². The smallest absolute Gasteiger partial charge is 0.213 e. The van der Waals surface area contributed by atoms with Gasteiger partial charge >= 0.3 is 0 Å². The fourth-order valence-corrected chi connectivity index (χ4v) is 1.36. The third kappa shape index (κ3) is 3.03. The maximum Gasteiger partial charge on any atom is 0.213 e. The van der Waals surface area contributed by atoms with Crippen LogP contribution in [-0.4, -0.2) is 11.1 Å². The van der Waals surface area contributed by atoms with Crippen molar-refractivity contribution < 1.29 is 4.74 Å². The van der Waals surface area contributed by atoms with Crippen molar-refractivity contribution >= 4 is 23.2 Å². The Balaban J connectivity index is 2.79. The van der Waals surface area contributed by atoms with Crippen molar-refractivity contribution in [3.8, 4) is 5.88 Å². The molecule has 0 N–H and O–H groups in total. The Hall–Kier alpha value is -0.470. The first-order valence-electron chi connectivity index (χ1n) is 4.55. The molecule has 1 unspecified atom stereocenters. The van der Waals surface area contributed by atoms with Crippen molar-refractivity contribution in [3.05, 3.63) is 22.8 Å². The highest BCUT2D eigenvalue weighted by molar-refractivity contribution is 6.32. The molecule has 0 aliphatic carbocycles. The molecular formula is C10H13Cl2NO. The van der Waals surface area contributed by atoms with Gasteiger partial charge < -0.3 is 4.74 Å². The molecule has 0 radical (unpaired) electrons. The number of halogens is 2. The molecule has 0 amide bonds. The van der Waals surface area contributed by atoms with Gasteiger partial charge in [0.15, 0.2) is 0 Å². The van der Waals surface area contributed by atoms with Gasteiger partial charge in [-0.3, -0.25) is 0 Å². The molecule has 0 saturated heterocycles. The topological polar surface area (TPSA) is 22.1 Å². The maximum absolute atomic E-state index is 5.86. The second kappa shape index (κ2) is 5.42. The Morgan fingerprint density at radius 2 is 2.21 bits per heavy atom. The van der Waals surface area contributed by atoms with Gasteiger partial charge in [-0.15, -0.1) is 11.6 Å². The molecule has 0 fully saturated rings. The summed E-state index contributed by atoms with van der Waals surface area (Å²) >= 11 is 11.5. The Morgan fingerprint density at radius 3 is 2.79 bits per heavy atom. The van der Waals surface area contributed by atoms with Gasteiger partial charge in [-0.1, -0.05) is 18.5 Å². The fourth-order valence-electron chi connectivity index (χ4n) is 0.913. The number of hydrogen-bond donors (Lipinski definition) is 0. The van der Waals surface area contributed by atoms with Gasteiger partial charge in [0.25, 0.3) is 0 Å². The minimum absolute atomic E-state index is 0.159. The first-order valence-corrected chi connectivity index (χ1v) is 5.46. The van der Waals surface area contributed by atoms with Crippen LogP contribution in [0.2, 0.25) is 5.02 Å². The molecule has 0 aromatic carbocycles. The van der Waals surface area contributed by atoms with Gasteiger partial charge in [0.1, 0.15) is 0 Å². The molecule has 1 heterocycles. The van der Waals surface area contributed by atoms with E-state index in [-0.39, 0.29) is 6.10 Å². The standard InChI is InChI=1S/C10H13Cl2NO/c1-3-7(2)14-10-5-4-8(12)9(6-11)13-10/h4-5,7H,3,6H2,1-2H3.